The average molecular weight is 453 g/mol. The number of aliphatic hydroxyl groups excluding tert-OH is 1. The van der Waals surface area contributed by atoms with Crippen LogP contribution in [0.5, 0.6) is 0 Å². The van der Waals surface area contributed by atoms with Gasteiger partial charge in [0.05, 0.1) is 18.0 Å². The van der Waals surface area contributed by atoms with E-state index in [9.17, 15) is 14.3 Å². The first-order valence-corrected chi connectivity index (χ1v) is 8.61. The highest BCUT2D eigenvalue weighted by Crippen LogP contribution is 2.39. The molecule has 0 fully saturated rings. The molecule has 0 saturated heterocycles. The lowest BCUT2D eigenvalue weighted by Crippen LogP contribution is -2.29. The number of hydrogen-bond acceptors (Lipinski definition) is 4. The normalized spacial score (nSPS) is 13.6. The number of halogens is 2. The van der Waals surface area contributed by atoms with Crippen LogP contribution in [0.3, 0.4) is 0 Å². The molecule has 0 bridgehead atoms. The van der Waals surface area contributed by atoms with Crippen LogP contribution in [0.15, 0.2) is 47.4 Å². The number of pyridine rings is 1. The Hall–Kier alpha value is -2.13. The van der Waals surface area contributed by atoms with E-state index in [1.54, 1.807) is 37.3 Å². The van der Waals surface area contributed by atoms with E-state index in [0.717, 1.165) is 3.57 Å². The van der Waals surface area contributed by atoms with Gasteiger partial charge in [-0.15, -0.1) is 0 Å². The van der Waals surface area contributed by atoms with E-state index in [-0.39, 0.29) is 17.9 Å². The standard InChI is InChI=1S/C18H17FIN3O2/c1-10-11(9-24)8-22(2)18-17(10)15(7-16(25)23(18)3)21-14-5-4-12(20)6-13(14)19/h4-8,21,24H,1,9H2,2-3H3. The first-order chi connectivity index (χ1) is 11.8. The molecule has 0 spiro atoms. The molecule has 0 aliphatic carbocycles. The van der Waals surface area contributed by atoms with E-state index >= 15 is 0 Å². The van der Waals surface area contributed by atoms with Gasteiger partial charge in [0.1, 0.15) is 11.6 Å². The van der Waals surface area contributed by atoms with Gasteiger partial charge in [-0.05, 0) is 46.4 Å². The number of hydrogen-bond donors (Lipinski definition) is 2. The first kappa shape index (κ1) is 17.7. The fourth-order valence-electron chi connectivity index (χ4n) is 2.90. The minimum Gasteiger partial charge on any atom is -0.392 e. The van der Waals surface area contributed by atoms with Gasteiger partial charge < -0.3 is 15.3 Å². The second kappa shape index (κ2) is 6.64. The molecule has 0 radical (unpaired) electrons. The molecule has 2 aromatic rings. The molecule has 0 amide bonds. The molecule has 1 aromatic heterocycles. The zero-order valence-electron chi connectivity index (χ0n) is 13.8. The number of anilines is 3. The van der Waals surface area contributed by atoms with Crippen LogP contribution in [0.1, 0.15) is 5.56 Å². The molecule has 3 rings (SSSR count). The molecular formula is C18H17FIN3O2. The highest BCUT2D eigenvalue weighted by molar-refractivity contribution is 14.1. The maximum atomic E-state index is 14.2. The van der Waals surface area contributed by atoms with Crippen molar-refractivity contribution in [1.82, 2.24) is 4.57 Å². The Morgan fingerprint density at radius 3 is 2.64 bits per heavy atom. The van der Waals surface area contributed by atoms with E-state index in [2.05, 4.69) is 11.9 Å². The molecule has 2 N–H and O–H groups in total. The number of rotatable bonds is 3. The van der Waals surface area contributed by atoms with Crippen LogP contribution in [-0.2, 0) is 7.05 Å². The summed E-state index contributed by atoms with van der Waals surface area (Å²) in [5, 5.41) is 12.6. The van der Waals surface area contributed by atoms with Crippen molar-refractivity contribution in [1.29, 1.82) is 0 Å². The molecular weight excluding hydrogens is 436 g/mol. The van der Waals surface area contributed by atoms with Crippen molar-refractivity contribution < 1.29 is 9.50 Å². The van der Waals surface area contributed by atoms with Gasteiger partial charge in [0.15, 0.2) is 0 Å². The van der Waals surface area contributed by atoms with Crippen LogP contribution in [-0.4, -0.2) is 23.3 Å². The average Bonchev–Trinajstić information content (AvgIpc) is 2.56. The molecule has 1 aliphatic heterocycles. The van der Waals surface area contributed by atoms with Gasteiger partial charge in [0.25, 0.3) is 5.56 Å². The van der Waals surface area contributed by atoms with Gasteiger partial charge >= 0.3 is 0 Å². The Morgan fingerprint density at radius 2 is 2.00 bits per heavy atom. The predicted octanol–water partition coefficient (Wildman–Crippen LogP) is 3.21. The van der Waals surface area contributed by atoms with Gasteiger partial charge in [-0.1, -0.05) is 6.58 Å². The van der Waals surface area contributed by atoms with E-state index in [4.69, 9.17) is 0 Å². The van der Waals surface area contributed by atoms with Crippen LogP contribution in [0.4, 0.5) is 21.6 Å². The third-order valence-electron chi connectivity index (χ3n) is 4.15. The van der Waals surface area contributed by atoms with Crippen LogP contribution < -0.4 is 15.8 Å². The van der Waals surface area contributed by atoms with Gasteiger partial charge in [-0.3, -0.25) is 9.36 Å². The Morgan fingerprint density at radius 1 is 1.28 bits per heavy atom. The van der Waals surface area contributed by atoms with Crippen LogP contribution in [0, 0.1) is 9.39 Å². The zero-order chi connectivity index (χ0) is 18.3. The Labute approximate surface area is 158 Å². The van der Waals surface area contributed by atoms with Crippen molar-refractivity contribution >= 4 is 45.4 Å². The number of nitrogens with zero attached hydrogens (tertiary/aromatic N) is 2. The largest absolute Gasteiger partial charge is 0.392 e. The number of aliphatic hydroxyl groups is 1. The second-order valence-electron chi connectivity index (χ2n) is 5.80. The molecule has 0 unspecified atom stereocenters. The molecule has 25 heavy (non-hydrogen) atoms. The molecule has 1 aliphatic rings. The molecule has 5 nitrogen and oxygen atoms in total. The fourth-order valence-corrected chi connectivity index (χ4v) is 3.35. The summed E-state index contributed by atoms with van der Waals surface area (Å²) in [6.07, 6.45) is 1.74. The predicted molar refractivity (Wildman–Crippen MR) is 107 cm³/mol. The van der Waals surface area contributed by atoms with Gasteiger partial charge in [0.2, 0.25) is 0 Å². The summed E-state index contributed by atoms with van der Waals surface area (Å²) in [4.78, 5) is 14.1. The maximum absolute atomic E-state index is 14.2. The summed E-state index contributed by atoms with van der Waals surface area (Å²) in [5.41, 5.74) is 2.39. The highest BCUT2D eigenvalue weighted by Gasteiger charge is 2.25. The lowest BCUT2D eigenvalue weighted by Gasteiger charge is -2.30. The fraction of sp³-hybridized carbons (Fsp3) is 0.167. The minimum absolute atomic E-state index is 0.178. The molecule has 0 saturated carbocycles. The van der Waals surface area contributed by atoms with Crippen molar-refractivity contribution in [3.63, 3.8) is 0 Å². The van der Waals surface area contributed by atoms with Crippen LogP contribution >= 0.6 is 22.6 Å². The highest BCUT2D eigenvalue weighted by atomic mass is 127. The summed E-state index contributed by atoms with van der Waals surface area (Å²) in [6.45, 7) is 3.87. The lowest BCUT2D eigenvalue weighted by molar-refractivity contribution is 0.335. The number of benzene rings is 1. The Bertz CT molecular complexity index is 966. The Kier molecular flexibility index (Phi) is 4.70. The molecule has 7 heteroatoms. The molecule has 1 aromatic carbocycles. The van der Waals surface area contributed by atoms with Gasteiger partial charge in [-0.2, -0.15) is 0 Å². The van der Waals surface area contributed by atoms with E-state index in [1.165, 1.54) is 16.7 Å². The maximum Gasteiger partial charge on any atom is 0.253 e. The third-order valence-corrected chi connectivity index (χ3v) is 4.82. The summed E-state index contributed by atoms with van der Waals surface area (Å²) in [6, 6.07) is 6.23. The monoisotopic (exact) mass is 453 g/mol. The van der Waals surface area contributed by atoms with Crippen molar-refractivity contribution in [3.05, 3.63) is 67.9 Å². The van der Waals surface area contributed by atoms with Crippen molar-refractivity contribution in [2.75, 3.05) is 23.9 Å². The van der Waals surface area contributed by atoms with E-state index in [0.29, 0.717) is 28.2 Å². The number of aromatic nitrogens is 1. The minimum atomic E-state index is -0.408. The van der Waals surface area contributed by atoms with Crippen LogP contribution in [0.25, 0.3) is 5.57 Å². The van der Waals surface area contributed by atoms with E-state index in [1.807, 2.05) is 22.6 Å². The number of fused-ring (bicyclic) bond motifs is 1. The smallest absolute Gasteiger partial charge is 0.253 e. The summed E-state index contributed by atoms with van der Waals surface area (Å²) >= 11 is 2.03. The Balaban J connectivity index is 2.20. The van der Waals surface area contributed by atoms with Crippen molar-refractivity contribution in [3.8, 4) is 0 Å². The van der Waals surface area contributed by atoms with Crippen molar-refractivity contribution in [2.24, 2.45) is 7.05 Å². The van der Waals surface area contributed by atoms with E-state index < -0.39 is 5.82 Å². The van der Waals surface area contributed by atoms with Gasteiger partial charge in [0, 0.05) is 41.1 Å². The summed E-state index contributed by atoms with van der Waals surface area (Å²) in [5.74, 6) is 0.220. The molecule has 130 valence electrons. The summed E-state index contributed by atoms with van der Waals surface area (Å²) < 4.78 is 16.5. The SMILES string of the molecule is C=C1C(CO)=CN(C)c2c1c(Nc1ccc(I)cc1F)cc(=O)n2C. The number of nitrogens with one attached hydrogen (secondary N) is 1. The van der Waals surface area contributed by atoms with Gasteiger partial charge in [-0.25, -0.2) is 4.39 Å². The second-order valence-corrected chi connectivity index (χ2v) is 7.05. The molecule has 2 heterocycles. The van der Waals surface area contributed by atoms with Crippen LogP contribution in [0.2, 0.25) is 0 Å². The topological polar surface area (TPSA) is 57.5 Å². The summed E-state index contributed by atoms with van der Waals surface area (Å²) in [7, 11) is 3.45. The zero-order valence-corrected chi connectivity index (χ0v) is 16.0. The lowest BCUT2D eigenvalue weighted by atomic mass is 9.96. The van der Waals surface area contributed by atoms with Crippen molar-refractivity contribution in [2.45, 2.75) is 0 Å². The quantitative estimate of drug-likeness (QED) is 0.702. The molecule has 0 atom stereocenters. The first-order valence-electron chi connectivity index (χ1n) is 7.53. The third kappa shape index (κ3) is 3.09.